The zero-order valence-electron chi connectivity index (χ0n) is 21.6. The first-order valence-electron chi connectivity index (χ1n) is 12.4. The van der Waals surface area contributed by atoms with Crippen LogP contribution in [0.5, 0.6) is 17.2 Å². The number of rotatable bonds is 11. The Morgan fingerprint density at radius 2 is 1.79 bits per heavy atom. The molecule has 1 N–H and O–H groups in total. The molecule has 2 heterocycles. The molecule has 0 aliphatic carbocycles. The van der Waals surface area contributed by atoms with Gasteiger partial charge in [0.15, 0.2) is 28.9 Å². The van der Waals surface area contributed by atoms with E-state index in [0.29, 0.717) is 44.8 Å². The van der Waals surface area contributed by atoms with E-state index in [0.717, 1.165) is 0 Å². The molecular formula is C27H29F3N4O5. The molecule has 4 rings (SSSR count). The fourth-order valence-corrected chi connectivity index (χ4v) is 3.89. The number of benzene rings is 2. The Bertz CT molecular complexity index is 1290. The second-order valence-corrected chi connectivity index (χ2v) is 8.75. The zero-order chi connectivity index (χ0) is 27.8. The summed E-state index contributed by atoms with van der Waals surface area (Å²) in [7, 11) is 1.30. The van der Waals surface area contributed by atoms with Crippen LogP contribution in [0.1, 0.15) is 24.0 Å². The Morgan fingerprint density at radius 3 is 2.49 bits per heavy atom. The summed E-state index contributed by atoms with van der Waals surface area (Å²) in [6, 6.07) is 5.58. The van der Waals surface area contributed by atoms with Crippen LogP contribution in [0.4, 0.5) is 24.8 Å². The number of amides is 1. The van der Waals surface area contributed by atoms with Gasteiger partial charge in [-0.25, -0.2) is 23.1 Å². The standard InChI is InChI=1S/C27H29F3N4O5/c1-17-12-23(36-2)26(30)20(25(17)29)16-39-19-14-31-27(32-15-19)33-18-5-6-22(21(28)13-18)38-9-3-4-24(35)34-7-10-37-11-8-34/h5-6,12-15H,3-4,7-11,16H2,1-2H3,(H,31,32,33). The minimum Gasteiger partial charge on any atom is -0.494 e. The van der Waals surface area contributed by atoms with E-state index < -0.39 is 17.5 Å². The van der Waals surface area contributed by atoms with Crippen LogP contribution in [0, 0.1) is 24.4 Å². The molecule has 0 bridgehead atoms. The molecule has 12 heteroatoms. The van der Waals surface area contributed by atoms with Crippen molar-refractivity contribution in [1.29, 1.82) is 0 Å². The Kier molecular flexibility index (Phi) is 9.42. The lowest BCUT2D eigenvalue weighted by molar-refractivity contribution is -0.135. The number of morpholine rings is 1. The number of nitrogens with one attached hydrogen (secondary N) is 1. The molecule has 3 aromatic rings. The van der Waals surface area contributed by atoms with Crippen LogP contribution in [0.15, 0.2) is 36.7 Å². The third-order valence-corrected chi connectivity index (χ3v) is 6.02. The third-order valence-electron chi connectivity index (χ3n) is 6.02. The molecule has 1 aliphatic rings. The quantitative estimate of drug-likeness (QED) is 0.350. The first kappa shape index (κ1) is 28.0. The minimum absolute atomic E-state index is 0.0352. The number of nitrogens with zero attached hydrogens (tertiary/aromatic N) is 3. The second-order valence-electron chi connectivity index (χ2n) is 8.75. The predicted molar refractivity (Wildman–Crippen MR) is 136 cm³/mol. The smallest absolute Gasteiger partial charge is 0.227 e. The van der Waals surface area contributed by atoms with Gasteiger partial charge in [0.25, 0.3) is 0 Å². The number of ether oxygens (including phenoxy) is 4. The zero-order valence-corrected chi connectivity index (χ0v) is 21.6. The van der Waals surface area contributed by atoms with E-state index in [1.807, 2.05) is 0 Å². The average Bonchev–Trinajstić information content (AvgIpc) is 2.95. The van der Waals surface area contributed by atoms with Gasteiger partial charge in [0.1, 0.15) is 12.4 Å². The number of carbonyl (C=O) groups is 1. The van der Waals surface area contributed by atoms with Crippen LogP contribution < -0.4 is 19.5 Å². The van der Waals surface area contributed by atoms with Crippen molar-refractivity contribution in [1.82, 2.24) is 14.9 Å². The van der Waals surface area contributed by atoms with Gasteiger partial charge >= 0.3 is 0 Å². The maximum atomic E-state index is 14.5. The number of methoxy groups -OCH3 is 1. The van der Waals surface area contributed by atoms with Crippen molar-refractivity contribution < 1.29 is 36.9 Å². The maximum absolute atomic E-state index is 14.5. The lowest BCUT2D eigenvalue weighted by Crippen LogP contribution is -2.40. The minimum atomic E-state index is -0.837. The summed E-state index contributed by atoms with van der Waals surface area (Å²) in [6.07, 6.45) is 3.43. The molecule has 9 nitrogen and oxygen atoms in total. The summed E-state index contributed by atoms with van der Waals surface area (Å²) >= 11 is 0. The molecule has 1 saturated heterocycles. The van der Waals surface area contributed by atoms with Crippen LogP contribution in [-0.2, 0) is 16.1 Å². The summed E-state index contributed by atoms with van der Waals surface area (Å²) in [5, 5.41) is 2.86. The molecule has 0 spiro atoms. The fraction of sp³-hybridized carbons (Fsp3) is 0.370. The number of aromatic nitrogens is 2. The first-order valence-corrected chi connectivity index (χ1v) is 12.4. The highest BCUT2D eigenvalue weighted by Crippen LogP contribution is 2.28. The molecule has 1 amide bonds. The van der Waals surface area contributed by atoms with Gasteiger partial charge in [-0.3, -0.25) is 4.79 Å². The van der Waals surface area contributed by atoms with Gasteiger partial charge in [0.2, 0.25) is 11.9 Å². The lowest BCUT2D eigenvalue weighted by Gasteiger charge is -2.26. The van der Waals surface area contributed by atoms with Gasteiger partial charge in [-0.05, 0) is 37.1 Å². The summed E-state index contributed by atoms with van der Waals surface area (Å²) in [6.45, 7) is 3.58. The molecule has 2 aromatic carbocycles. The summed E-state index contributed by atoms with van der Waals surface area (Å²) in [5.41, 5.74) is 0.340. The van der Waals surface area contributed by atoms with E-state index in [9.17, 15) is 18.0 Å². The van der Waals surface area contributed by atoms with E-state index in [4.69, 9.17) is 18.9 Å². The number of hydrogen-bond donors (Lipinski definition) is 1. The van der Waals surface area contributed by atoms with Crippen LogP contribution in [0.3, 0.4) is 0 Å². The molecule has 0 unspecified atom stereocenters. The fourth-order valence-electron chi connectivity index (χ4n) is 3.89. The summed E-state index contributed by atoms with van der Waals surface area (Å²) < 4.78 is 64.4. The third kappa shape index (κ3) is 7.29. The Labute approximate surface area is 223 Å². The molecule has 1 fully saturated rings. The maximum Gasteiger partial charge on any atom is 0.227 e. The first-order chi connectivity index (χ1) is 18.9. The van der Waals surface area contributed by atoms with E-state index in [1.165, 1.54) is 44.6 Å². The molecule has 0 saturated carbocycles. The van der Waals surface area contributed by atoms with Crippen molar-refractivity contribution in [2.45, 2.75) is 26.4 Å². The normalized spacial score (nSPS) is 13.2. The molecule has 1 aliphatic heterocycles. The summed E-state index contributed by atoms with van der Waals surface area (Å²) in [4.78, 5) is 22.1. The Balaban J connectivity index is 1.26. The number of aryl methyl sites for hydroxylation is 1. The van der Waals surface area contributed by atoms with Crippen molar-refractivity contribution in [2.24, 2.45) is 0 Å². The van der Waals surface area contributed by atoms with Crippen LogP contribution in [0.25, 0.3) is 0 Å². The van der Waals surface area contributed by atoms with Crippen molar-refractivity contribution in [3.8, 4) is 17.2 Å². The van der Waals surface area contributed by atoms with Crippen molar-refractivity contribution in [3.05, 3.63) is 65.2 Å². The topological polar surface area (TPSA) is 95.0 Å². The van der Waals surface area contributed by atoms with Crippen LogP contribution >= 0.6 is 0 Å². The van der Waals surface area contributed by atoms with Gasteiger partial charge in [0.05, 0.1) is 44.9 Å². The highest BCUT2D eigenvalue weighted by Gasteiger charge is 2.19. The highest BCUT2D eigenvalue weighted by molar-refractivity contribution is 5.76. The highest BCUT2D eigenvalue weighted by atomic mass is 19.1. The van der Waals surface area contributed by atoms with E-state index >= 15 is 0 Å². The van der Waals surface area contributed by atoms with E-state index in [-0.39, 0.29) is 53.4 Å². The molecule has 39 heavy (non-hydrogen) atoms. The van der Waals surface area contributed by atoms with Crippen molar-refractivity contribution in [3.63, 3.8) is 0 Å². The van der Waals surface area contributed by atoms with Crippen LogP contribution in [0.2, 0.25) is 0 Å². The van der Waals surface area contributed by atoms with Crippen molar-refractivity contribution >= 4 is 17.5 Å². The van der Waals surface area contributed by atoms with Gasteiger partial charge < -0.3 is 29.2 Å². The van der Waals surface area contributed by atoms with E-state index in [1.54, 1.807) is 11.0 Å². The van der Waals surface area contributed by atoms with E-state index in [2.05, 4.69) is 15.3 Å². The van der Waals surface area contributed by atoms with Gasteiger partial charge in [-0.2, -0.15) is 0 Å². The molecule has 1 aromatic heterocycles. The molecular weight excluding hydrogens is 517 g/mol. The average molecular weight is 547 g/mol. The summed E-state index contributed by atoms with van der Waals surface area (Å²) in [5.74, 6) is -1.78. The van der Waals surface area contributed by atoms with Gasteiger partial charge in [0, 0.05) is 31.3 Å². The predicted octanol–water partition coefficient (Wildman–Crippen LogP) is 4.55. The largest absolute Gasteiger partial charge is 0.494 e. The monoisotopic (exact) mass is 546 g/mol. The molecule has 208 valence electrons. The number of carbonyl (C=O) groups excluding carboxylic acids is 1. The van der Waals surface area contributed by atoms with Crippen molar-refractivity contribution in [2.75, 3.05) is 45.3 Å². The second kappa shape index (κ2) is 13.1. The number of hydrogen-bond acceptors (Lipinski definition) is 8. The lowest BCUT2D eigenvalue weighted by atomic mass is 10.1. The van der Waals surface area contributed by atoms with Gasteiger partial charge in [-0.15, -0.1) is 0 Å². The number of halogens is 3. The van der Waals surface area contributed by atoms with Gasteiger partial charge in [-0.1, -0.05) is 0 Å². The Morgan fingerprint density at radius 1 is 1.05 bits per heavy atom. The molecule has 0 radical (unpaired) electrons. The SMILES string of the molecule is COc1cc(C)c(F)c(COc2cnc(Nc3ccc(OCCCC(=O)N4CCOCC4)c(F)c3)nc2)c1F. The molecule has 0 atom stereocenters. The number of anilines is 2. The Hall–Kier alpha value is -4.06. The van der Waals surface area contributed by atoms with Crippen LogP contribution in [-0.4, -0.2) is 60.8 Å².